The van der Waals surface area contributed by atoms with Crippen LogP contribution in [-0.2, 0) is 6.54 Å². The lowest BCUT2D eigenvalue weighted by Gasteiger charge is -2.04. The maximum atomic E-state index is 5.45. The van der Waals surface area contributed by atoms with Crippen LogP contribution in [-0.4, -0.2) is 10.1 Å². The van der Waals surface area contributed by atoms with E-state index in [-0.39, 0.29) is 0 Å². The summed E-state index contributed by atoms with van der Waals surface area (Å²) in [5.41, 5.74) is 5.45. The fourth-order valence-corrected chi connectivity index (χ4v) is 2.84. The van der Waals surface area contributed by atoms with Crippen molar-refractivity contribution in [1.29, 1.82) is 0 Å². The number of aromatic nitrogens is 2. The number of fused-ring (bicyclic) bond motifs is 1. The van der Waals surface area contributed by atoms with Crippen molar-refractivity contribution < 1.29 is 4.52 Å². The number of nitrogens with zero attached hydrogens (tertiary/aromatic N) is 2. The van der Waals surface area contributed by atoms with E-state index in [1.54, 1.807) is 0 Å². The normalized spacial score (nSPS) is 35.4. The summed E-state index contributed by atoms with van der Waals surface area (Å²) in [6, 6.07) is 0. The standard InChI is InChI=1S/C10H15N3O/c11-5-8-12-10(14-13-8)9-6-3-1-2-4-7(6)9/h6-7,9H,1-5,11H2. The van der Waals surface area contributed by atoms with Gasteiger partial charge in [0.1, 0.15) is 0 Å². The first-order valence-electron chi connectivity index (χ1n) is 5.42. The largest absolute Gasteiger partial charge is 0.339 e. The zero-order valence-electron chi connectivity index (χ0n) is 8.15. The maximum absolute atomic E-state index is 5.45. The monoisotopic (exact) mass is 193 g/mol. The molecule has 4 heteroatoms. The average molecular weight is 193 g/mol. The fraction of sp³-hybridized carbons (Fsp3) is 0.800. The average Bonchev–Trinajstić information content (AvgIpc) is 2.77. The van der Waals surface area contributed by atoms with Crippen LogP contribution in [0.15, 0.2) is 4.52 Å². The van der Waals surface area contributed by atoms with Crippen molar-refractivity contribution in [2.24, 2.45) is 17.6 Å². The molecular formula is C10H15N3O. The number of hydrogen-bond acceptors (Lipinski definition) is 4. The van der Waals surface area contributed by atoms with Crippen molar-refractivity contribution in [2.75, 3.05) is 0 Å². The molecule has 0 aromatic carbocycles. The van der Waals surface area contributed by atoms with Gasteiger partial charge in [-0.2, -0.15) is 4.98 Å². The van der Waals surface area contributed by atoms with Gasteiger partial charge in [0, 0.05) is 5.92 Å². The van der Waals surface area contributed by atoms with E-state index in [2.05, 4.69) is 10.1 Å². The molecule has 2 atom stereocenters. The Morgan fingerprint density at radius 3 is 2.57 bits per heavy atom. The quantitative estimate of drug-likeness (QED) is 0.771. The molecule has 14 heavy (non-hydrogen) atoms. The van der Waals surface area contributed by atoms with E-state index in [1.807, 2.05) is 0 Å². The molecule has 76 valence electrons. The van der Waals surface area contributed by atoms with E-state index < -0.39 is 0 Å². The molecule has 2 aliphatic rings. The van der Waals surface area contributed by atoms with E-state index in [0.29, 0.717) is 18.3 Å². The van der Waals surface area contributed by atoms with Crippen molar-refractivity contribution in [2.45, 2.75) is 38.1 Å². The van der Waals surface area contributed by atoms with Gasteiger partial charge in [0.2, 0.25) is 5.89 Å². The lowest BCUT2D eigenvalue weighted by Crippen LogP contribution is -1.98. The molecule has 1 aromatic rings. The van der Waals surface area contributed by atoms with E-state index in [9.17, 15) is 0 Å². The van der Waals surface area contributed by atoms with Crippen LogP contribution in [0.5, 0.6) is 0 Å². The van der Waals surface area contributed by atoms with Crippen molar-refractivity contribution in [3.63, 3.8) is 0 Å². The van der Waals surface area contributed by atoms with Crippen LogP contribution < -0.4 is 5.73 Å². The molecule has 0 spiro atoms. The summed E-state index contributed by atoms with van der Waals surface area (Å²) < 4.78 is 5.23. The van der Waals surface area contributed by atoms with Crippen LogP contribution in [0.3, 0.4) is 0 Å². The second kappa shape index (κ2) is 3.05. The van der Waals surface area contributed by atoms with E-state index in [4.69, 9.17) is 10.3 Å². The highest BCUT2D eigenvalue weighted by molar-refractivity contribution is 5.14. The molecular weight excluding hydrogens is 178 g/mol. The first-order chi connectivity index (χ1) is 6.90. The first-order valence-corrected chi connectivity index (χ1v) is 5.42. The minimum Gasteiger partial charge on any atom is -0.339 e. The lowest BCUT2D eigenvalue weighted by molar-refractivity contribution is 0.368. The van der Waals surface area contributed by atoms with Gasteiger partial charge in [-0.25, -0.2) is 0 Å². The zero-order valence-corrected chi connectivity index (χ0v) is 8.15. The Morgan fingerprint density at radius 1 is 1.29 bits per heavy atom. The number of nitrogens with two attached hydrogens (primary N) is 1. The molecule has 1 aromatic heterocycles. The van der Waals surface area contributed by atoms with Gasteiger partial charge >= 0.3 is 0 Å². The smallest absolute Gasteiger partial charge is 0.230 e. The van der Waals surface area contributed by atoms with Gasteiger partial charge in [0.05, 0.1) is 6.54 Å². The SMILES string of the molecule is NCc1noc(C2C3CCCCC32)n1. The van der Waals surface area contributed by atoms with Crippen molar-refractivity contribution in [1.82, 2.24) is 10.1 Å². The van der Waals surface area contributed by atoms with Crippen LogP contribution in [0.4, 0.5) is 0 Å². The summed E-state index contributed by atoms with van der Waals surface area (Å²) >= 11 is 0. The van der Waals surface area contributed by atoms with Crippen molar-refractivity contribution in [3.8, 4) is 0 Å². The van der Waals surface area contributed by atoms with E-state index >= 15 is 0 Å². The molecule has 0 saturated heterocycles. The van der Waals surface area contributed by atoms with Crippen LogP contribution in [0, 0.1) is 11.8 Å². The maximum Gasteiger partial charge on any atom is 0.230 e. The molecule has 0 radical (unpaired) electrons. The van der Waals surface area contributed by atoms with Gasteiger partial charge in [0.15, 0.2) is 5.82 Å². The van der Waals surface area contributed by atoms with Gasteiger partial charge in [-0.05, 0) is 24.7 Å². The van der Waals surface area contributed by atoms with Gasteiger partial charge in [-0.3, -0.25) is 0 Å². The Bertz CT molecular complexity index is 324. The summed E-state index contributed by atoms with van der Waals surface area (Å²) in [5.74, 6) is 3.70. The highest BCUT2D eigenvalue weighted by atomic mass is 16.5. The van der Waals surface area contributed by atoms with Crippen molar-refractivity contribution in [3.05, 3.63) is 11.7 Å². The highest BCUT2D eigenvalue weighted by Gasteiger charge is 2.54. The fourth-order valence-electron chi connectivity index (χ4n) is 2.84. The summed E-state index contributed by atoms with van der Waals surface area (Å²) in [6.07, 6.45) is 5.43. The molecule has 2 N–H and O–H groups in total. The summed E-state index contributed by atoms with van der Waals surface area (Å²) in [5, 5.41) is 3.84. The molecule has 3 rings (SSSR count). The Hall–Kier alpha value is -0.900. The molecule has 2 fully saturated rings. The summed E-state index contributed by atoms with van der Waals surface area (Å²) in [6.45, 7) is 0.381. The third kappa shape index (κ3) is 1.17. The topological polar surface area (TPSA) is 64.9 Å². The van der Waals surface area contributed by atoms with Gasteiger partial charge in [0.25, 0.3) is 0 Å². The minimum atomic E-state index is 0.381. The number of rotatable bonds is 2. The third-order valence-electron chi connectivity index (χ3n) is 3.61. The van der Waals surface area contributed by atoms with Crippen LogP contribution in [0.25, 0.3) is 0 Å². The molecule has 4 nitrogen and oxygen atoms in total. The molecule has 0 bridgehead atoms. The van der Waals surface area contributed by atoms with E-state index in [0.717, 1.165) is 17.7 Å². The number of hydrogen-bond donors (Lipinski definition) is 1. The minimum absolute atomic E-state index is 0.381. The summed E-state index contributed by atoms with van der Waals surface area (Å²) in [7, 11) is 0. The zero-order chi connectivity index (χ0) is 9.54. The van der Waals surface area contributed by atoms with Gasteiger partial charge in [-0.15, -0.1) is 0 Å². The lowest BCUT2D eigenvalue weighted by atomic mass is 10.0. The van der Waals surface area contributed by atoms with Crippen LogP contribution in [0.1, 0.15) is 43.3 Å². The molecule has 1 heterocycles. The Morgan fingerprint density at radius 2 is 2.00 bits per heavy atom. The van der Waals surface area contributed by atoms with Crippen LogP contribution >= 0.6 is 0 Å². The van der Waals surface area contributed by atoms with Crippen LogP contribution in [0.2, 0.25) is 0 Å². The molecule has 2 aliphatic carbocycles. The Labute approximate surface area is 82.9 Å². The second-order valence-corrected chi connectivity index (χ2v) is 4.39. The van der Waals surface area contributed by atoms with Crippen molar-refractivity contribution >= 4 is 0 Å². The predicted molar refractivity (Wildman–Crippen MR) is 50.4 cm³/mol. The van der Waals surface area contributed by atoms with Gasteiger partial charge in [-0.1, -0.05) is 18.0 Å². The Balaban J connectivity index is 1.77. The summed E-state index contributed by atoms with van der Waals surface area (Å²) in [4.78, 5) is 4.31. The first kappa shape index (κ1) is 8.41. The van der Waals surface area contributed by atoms with E-state index in [1.165, 1.54) is 25.7 Å². The highest BCUT2D eigenvalue weighted by Crippen LogP contribution is 2.60. The second-order valence-electron chi connectivity index (χ2n) is 4.39. The molecule has 0 aliphatic heterocycles. The Kier molecular flexibility index (Phi) is 1.83. The third-order valence-corrected chi connectivity index (χ3v) is 3.61. The van der Waals surface area contributed by atoms with Gasteiger partial charge < -0.3 is 10.3 Å². The molecule has 2 saturated carbocycles. The molecule has 0 amide bonds. The predicted octanol–water partition coefficient (Wildman–Crippen LogP) is 1.43. The molecule has 2 unspecified atom stereocenters.